The lowest BCUT2D eigenvalue weighted by Crippen LogP contribution is -2.52. The van der Waals surface area contributed by atoms with E-state index in [0.29, 0.717) is 27.8 Å². The fraction of sp³-hybridized carbons (Fsp3) is 0.312. The number of benzene rings is 2. The topological polar surface area (TPSA) is 176 Å². The number of hydrogen-bond donors (Lipinski definition) is 3. The molecule has 2 aliphatic heterocycles. The van der Waals surface area contributed by atoms with Crippen LogP contribution in [0.4, 0.5) is 15.1 Å². The van der Waals surface area contributed by atoms with E-state index in [1.165, 1.54) is 30.2 Å². The predicted octanol–water partition coefficient (Wildman–Crippen LogP) is 3.32. The Morgan fingerprint density at radius 2 is 1.89 bits per heavy atom. The van der Waals surface area contributed by atoms with Gasteiger partial charge in [-0.2, -0.15) is 0 Å². The summed E-state index contributed by atoms with van der Waals surface area (Å²) in [5.41, 5.74) is -1.83. The van der Waals surface area contributed by atoms with Crippen LogP contribution in [0.2, 0.25) is 0 Å². The minimum Gasteiger partial charge on any atom is -0.494 e. The second-order valence-corrected chi connectivity index (χ2v) is 12.2. The molecule has 47 heavy (non-hydrogen) atoms. The molecule has 2 aliphatic rings. The molecule has 1 atom stereocenters. The molecule has 0 bridgehead atoms. The van der Waals surface area contributed by atoms with Crippen LogP contribution in [0.1, 0.15) is 42.5 Å². The molecule has 3 N–H and O–H groups in total. The molecule has 0 spiro atoms. The Hall–Kier alpha value is -5.73. The number of fused-ring (bicyclic) bond motifs is 2. The molecule has 0 unspecified atom stereocenters. The average molecular weight is 647 g/mol. The number of nitrogens with zero attached hydrogens (tertiary/aromatic N) is 3. The standard InChI is InChI=1S/C32H31FN6O8/c1-31(2,3)28(43)46-15-39-27(42)32(37-30(39)44,14-38-13-17-7-9-21(45-5)25(33)24(17)26(38)41)22-11-18-10-16(6-8-20(18)47-22)19-12-23(40)36-29(34-4)35-19/h6-12H,13-15H2,1-5H3,(H,37,44)(H2,34,35,36,40)/t32-/m0/s1. The van der Waals surface area contributed by atoms with Gasteiger partial charge in [0.2, 0.25) is 5.95 Å². The van der Waals surface area contributed by atoms with Crippen LogP contribution in [0.15, 0.2) is 51.7 Å². The van der Waals surface area contributed by atoms with Crippen molar-refractivity contribution in [2.75, 3.05) is 32.7 Å². The summed E-state index contributed by atoms with van der Waals surface area (Å²) in [6.07, 6.45) is 0. The van der Waals surface area contributed by atoms with E-state index >= 15 is 4.39 Å². The summed E-state index contributed by atoms with van der Waals surface area (Å²) < 4.78 is 31.6. The van der Waals surface area contributed by atoms with Gasteiger partial charge in [0, 0.05) is 30.6 Å². The molecule has 14 nitrogen and oxygen atoms in total. The van der Waals surface area contributed by atoms with Gasteiger partial charge in [-0.1, -0.05) is 6.07 Å². The highest BCUT2D eigenvalue weighted by molar-refractivity contribution is 6.08. The number of ether oxygens (including phenoxy) is 2. The maximum Gasteiger partial charge on any atom is 0.328 e. The summed E-state index contributed by atoms with van der Waals surface area (Å²) in [5.74, 6) is -2.92. The molecule has 6 rings (SSSR count). The number of carbonyl (C=O) groups is 4. The number of rotatable bonds is 8. The van der Waals surface area contributed by atoms with Crippen LogP contribution in [0.3, 0.4) is 0 Å². The fourth-order valence-corrected chi connectivity index (χ4v) is 5.54. The van der Waals surface area contributed by atoms with Crippen molar-refractivity contribution in [3.05, 3.63) is 75.5 Å². The lowest BCUT2D eigenvalue weighted by atomic mass is 9.94. The maximum atomic E-state index is 15.2. The van der Waals surface area contributed by atoms with E-state index in [4.69, 9.17) is 13.9 Å². The van der Waals surface area contributed by atoms with E-state index in [1.807, 2.05) is 0 Å². The van der Waals surface area contributed by atoms with Crippen molar-refractivity contribution in [3.8, 4) is 17.0 Å². The van der Waals surface area contributed by atoms with Crippen LogP contribution in [-0.2, 0) is 26.4 Å². The highest BCUT2D eigenvalue weighted by Gasteiger charge is 2.57. The normalized spacial score (nSPS) is 17.7. The molecule has 0 saturated carbocycles. The van der Waals surface area contributed by atoms with E-state index in [2.05, 4.69) is 20.6 Å². The number of imide groups is 1. The molecule has 2 aromatic heterocycles. The van der Waals surface area contributed by atoms with E-state index < -0.39 is 53.9 Å². The Kier molecular flexibility index (Phi) is 7.49. The Labute approximate surface area is 266 Å². The number of anilines is 1. The van der Waals surface area contributed by atoms with Crippen molar-refractivity contribution >= 4 is 40.7 Å². The summed E-state index contributed by atoms with van der Waals surface area (Å²) >= 11 is 0. The molecule has 4 aromatic rings. The van der Waals surface area contributed by atoms with E-state index in [1.54, 1.807) is 52.1 Å². The molecule has 2 aromatic carbocycles. The molecule has 0 aliphatic carbocycles. The zero-order valence-electron chi connectivity index (χ0n) is 26.1. The third-order valence-electron chi connectivity index (χ3n) is 8.03. The SMILES string of the molecule is CNc1nc(-c2ccc3oc([C@]4(CN5Cc6ccc(OC)c(F)c6C5=O)NC(=O)N(COC(=O)C(C)(C)C)C4=O)cc3c2)cc(=O)[nH]1. The lowest BCUT2D eigenvalue weighted by molar-refractivity contribution is -0.158. The number of aromatic nitrogens is 2. The molecular weight excluding hydrogens is 615 g/mol. The second-order valence-electron chi connectivity index (χ2n) is 12.2. The number of carbonyl (C=O) groups excluding carboxylic acids is 4. The average Bonchev–Trinajstić information content (AvgIpc) is 3.67. The number of aromatic amines is 1. The first kappa shape index (κ1) is 31.3. The van der Waals surface area contributed by atoms with Gasteiger partial charge in [-0.05, 0) is 56.7 Å². The highest BCUT2D eigenvalue weighted by atomic mass is 19.1. The van der Waals surface area contributed by atoms with Crippen LogP contribution in [0.5, 0.6) is 5.75 Å². The molecule has 1 saturated heterocycles. The number of esters is 1. The largest absolute Gasteiger partial charge is 0.494 e. The van der Waals surface area contributed by atoms with E-state index in [9.17, 15) is 24.0 Å². The van der Waals surface area contributed by atoms with Crippen LogP contribution >= 0.6 is 0 Å². The number of urea groups is 1. The van der Waals surface area contributed by atoms with Crippen molar-refractivity contribution in [1.82, 2.24) is 25.1 Å². The number of nitrogens with one attached hydrogen (secondary N) is 3. The number of amides is 4. The van der Waals surface area contributed by atoms with Gasteiger partial charge in [0.05, 0.1) is 30.3 Å². The smallest absolute Gasteiger partial charge is 0.328 e. The first-order valence-corrected chi connectivity index (χ1v) is 14.6. The van der Waals surface area contributed by atoms with E-state index in [0.717, 1.165) is 4.90 Å². The molecule has 4 amide bonds. The molecule has 4 heterocycles. The summed E-state index contributed by atoms with van der Waals surface area (Å²) in [5, 5.41) is 5.95. The number of methoxy groups -OCH3 is 1. The Bertz CT molecular complexity index is 2030. The van der Waals surface area contributed by atoms with Gasteiger partial charge in [0.15, 0.2) is 23.8 Å². The summed E-state index contributed by atoms with van der Waals surface area (Å²) in [4.78, 5) is 74.7. The number of furan rings is 1. The Morgan fingerprint density at radius 1 is 1.13 bits per heavy atom. The lowest BCUT2D eigenvalue weighted by Gasteiger charge is -2.29. The van der Waals surface area contributed by atoms with Crippen LogP contribution in [0, 0.1) is 11.2 Å². The van der Waals surface area contributed by atoms with Gasteiger partial charge in [-0.15, -0.1) is 0 Å². The minimum atomic E-state index is -1.98. The van der Waals surface area contributed by atoms with Crippen LogP contribution in [0.25, 0.3) is 22.2 Å². The van der Waals surface area contributed by atoms with Gasteiger partial charge < -0.3 is 29.4 Å². The minimum absolute atomic E-state index is 0.0239. The van der Waals surface area contributed by atoms with Crippen molar-refractivity contribution in [2.45, 2.75) is 32.9 Å². The number of hydrogen-bond acceptors (Lipinski definition) is 10. The maximum absolute atomic E-state index is 15.2. The number of H-pyrrole nitrogens is 1. The monoisotopic (exact) mass is 646 g/mol. The van der Waals surface area contributed by atoms with Crippen molar-refractivity contribution in [3.63, 3.8) is 0 Å². The van der Waals surface area contributed by atoms with Gasteiger partial charge in [-0.25, -0.2) is 19.1 Å². The van der Waals surface area contributed by atoms with Crippen molar-refractivity contribution < 1.29 is 37.5 Å². The Morgan fingerprint density at radius 3 is 2.60 bits per heavy atom. The molecule has 0 radical (unpaired) electrons. The second kappa shape index (κ2) is 11.3. The van der Waals surface area contributed by atoms with E-state index in [-0.39, 0.29) is 35.1 Å². The van der Waals surface area contributed by atoms with Gasteiger partial charge in [0.1, 0.15) is 11.3 Å². The predicted molar refractivity (Wildman–Crippen MR) is 165 cm³/mol. The van der Waals surface area contributed by atoms with Gasteiger partial charge >= 0.3 is 12.0 Å². The third kappa shape index (κ3) is 5.32. The van der Waals surface area contributed by atoms with Crippen molar-refractivity contribution in [1.29, 1.82) is 0 Å². The first-order chi connectivity index (χ1) is 22.2. The summed E-state index contributed by atoms with van der Waals surface area (Å²) in [6.45, 7) is 3.68. The van der Waals surface area contributed by atoms with Crippen LogP contribution < -0.4 is 20.9 Å². The highest BCUT2D eigenvalue weighted by Crippen LogP contribution is 2.38. The first-order valence-electron chi connectivity index (χ1n) is 14.6. The van der Waals surface area contributed by atoms with Crippen LogP contribution in [-0.4, -0.2) is 71.0 Å². The third-order valence-corrected chi connectivity index (χ3v) is 8.03. The summed E-state index contributed by atoms with van der Waals surface area (Å²) in [6, 6.07) is 9.92. The molecule has 1 fully saturated rings. The molecule has 244 valence electrons. The summed E-state index contributed by atoms with van der Waals surface area (Å²) in [7, 11) is 2.89. The zero-order valence-corrected chi connectivity index (χ0v) is 26.1. The van der Waals surface area contributed by atoms with Gasteiger partial charge in [-0.3, -0.25) is 24.2 Å². The molecular formula is C32H31FN6O8. The number of halogens is 1. The fourth-order valence-electron chi connectivity index (χ4n) is 5.54. The zero-order chi connectivity index (χ0) is 33.8. The molecule has 15 heteroatoms. The van der Waals surface area contributed by atoms with Gasteiger partial charge in [0.25, 0.3) is 17.4 Å². The quantitative estimate of drug-likeness (QED) is 0.190. The van der Waals surface area contributed by atoms with Crippen molar-refractivity contribution in [2.24, 2.45) is 5.41 Å². The Balaban J connectivity index is 1.41.